The van der Waals surface area contributed by atoms with Gasteiger partial charge in [-0.2, -0.15) is 5.10 Å². The van der Waals surface area contributed by atoms with E-state index in [-0.39, 0.29) is 5.60 Å². The van der Waals surface area contributed by atoms with E-state index in [0.717, 1.165) is 12.5 Å². The van der Waals surface area contributed by atoms with Gasteiger partial charge in [0, 0.05) is 25.8 Å². The highest BCUT2D eigenvalue weighted by molar-refractivity contribution is 5.80. The number of allylic oxidation sites excluding steroid dienone is 1. The minimum Gasteiger partial charge on any atom is -0.384 e. The number of fused-ring (bicyclic) bond motifs is 5. The third-order valence-electron chi connectivity index (χ3n) is 5.99. The molecule has 4 atom stereocenters. The third-order valence-corrected chi connectivity index (χ3v) is 5.99. The van der Waals surface area contributed by atoms with Gasteiger partial charge < -0.3 is 9.47 Å². The minimum atomic E-state index is -0.115. The average Bonchev–Trinajstić information content (AvgIpc) is 3.19. The van der Waals surface area contributed by atoms with Gasteiger partial charge in [0.25, 0.3) is 0 Å². The Morgan fingerprint density at radius 3 is 2.62 bits per heavy atom. The fourth-order valence-electron chi connectivity index (χ4n) is 4.84. The van der Waals surface area contributed by atoms with Crippen LogP contribution in [-0.4, -0.2) is 25.5 Å². The molecule has 4 heteroatoms. The third kappa shape index (κ3) is 3.33. The van der Waals surface area contributed by atoms with Gasteiger partial charge in [0.2, 0.25) is 0 Å². The molecular weight excluding hydrogens is 324 g/mol. The zero-order valence-corrected chi connectivity index (χ0v) is 16.3. The molecule has 1 aromatic rings. The molecular formula is C22H30N2O2. The molecule has 0 aromatic heterocycles. The number of hydrogen-bond acceptors (Lipinski definition) is 4. The second-order valence-corrected chi connectivity index (χ2v) is 8.90. The fourth-order valence-corrected chi connectivity index (χ4v) is 4.84. The SMILES string of the molecule is COCC1CC2CC1C1=C(c3ccc(COC(C)(C)C)cc3)NN=CC12. The van der Waals surface area contributed by atoms with Crippen molar-refractivity contribution in [1.82, 2.24) is 5.43 Å². The first-order valence-electron chi connectivity index (χ1n) is 9.72. The first-order chi connectivity index (χ1) is 12.5. The summed E-state index contributed by atoms with van der Waals surface area (Å²) in [7, 11) is 1.82. The van der Waals surface area contributed by atoms with Crippen LogP contribution in [0.15, 0.2) is 34.9 Å². The molecule has 140 valence electrons. The lowest BCUT2D eigenvalue weighted by atomic mass is 9.76. The summed E-state index contributed by atoms with van der Waals surface area (Å²) in [5.41, 5.74) is 8.39. The van der Waals surface area contributed by atoms with Gasteiger partial charge in [0.1, 0.15) is 0 Å². The van der Waals surface area contributed by atoms with Gasteiger partial charge in [-0.25, -0.2) is 0 Å². The largest absolute Gasteiger partial charge is 0.384 e. The van der Waals surface area contributed by atoms with Crippen LogP contribution in [0.1, 0.15) is 44.7 Å². The van der Waals surface area contributed by atoms with Crippen LogP contribution in [-0.2, 0) is 16.1 Å². The van der Waals surface area contributed by atoms with Gasteiger partial charge in [0.15, 0.2) is 0 Å². The zero-order chi connectivity index (χ0) is 18.3. The standard InChI is InChI=1S/C22H30N2O2/c1-22(2,3)26-12-14-5-7-15(8-6-14)21-20-18-10-16(9-17(18)13-25-4)19(20)11-23-24-21/h5-8,11,16-19,24H,9-10,12-13H2,1-4H3. The van der Waals surface area contributed by atoms with Crippen molar-refractivity contribution in [2.45, 2.75) is 45.8 Å². The van der Waals surface area contributed by atoms with Crippen molar-refractivity contribution in [2.75, 3.05) is 13.7 Å². The first-order valence-corrected chi connectivity index (χ1v) is 9.72. The van der Waals surface area contributed by atoms with Gasteiger partial charge in [-0.3, -0.25) is 5.43 Å². The number of methoxy groups -OCH3 is 1. The van der Waals surface area contributed by atoms with Crippen molar-refractivity contribution in [1.29, 1.82) is 0 Å². The molecule has 3 aliphatic rings. The maximum Gasteiger partial charge on any atom is 0.0724 e. The average molecular weight is 354 g/mol. The van der Waals surface area contributed by atoms with Crippen molar-refractivity contribution in [3.05, 3.63) is 41.0 Å². The fraction of sp³-hybridized carbons (Fsp3) is 0.591. The molecule has 2 aliphatic carbocycles. The highest BCUT2D eigenvalue weighted by atomic mass is 16.5. The summed E-state index contributed by atoms with van der Waals surface area (Å²) >= 11 is 0. The lowest BCUT2D eigenvalue weighted by Gasteiger charge is -2.32. The number of ether oxygens (including phenoxy) is 2. The van der Waals surface area contributed by atoms with Crippen LogP contribution in [0.4, 0.5) is 0 Å². The number of nitrogens with one attached hydrogen (secondary N) is 1. The first kappa shape index (κ1) is 17.7. The van der Waals surface area contributed by atoms with E-state index in [1.54, 1.807) is 5.57 Å². The van der Waals surface area contributed by atoms with Crippen LogP contribution in [0.3, 0.4) is 0 Å². The Morgan fingerprint density at radius 2 is 1.92 bits per heavy atom. The van der Waals surface area contributed by atoms with Gasteiger partial charge >= 0.3 is 0 Å². The molecule has 4 unspecified atom stereocenters. The predicted octanol–water partition coefficient (Wildman–Crippen LogP) is 4.22. The Labute approximate surface area is 156 Å². The summed E-state index contributed by atoms with van der Waals surface area (Å²) in [6.45, 7) is 7.77. The van der Waals surface area contributed by atoms with E-state index in [1.807, 2.05) is 7.11 Å². The van der Waals surface area contributed by atoms with E-state index in [9.17, 15) is 0 Å². The molecule has 4 nitrogen and oxygen atoms in total. The van der Waals surface area contributed by atoms with E-state index in [2.05, 4.69) is 61.8 Å². The van der Waals surface area contributed by atoms with E-state index in [4.69, 9.17) is 9.47 Å². The summed E-state index contributed by atoms with van der Waals surface area (Å²) in [5.74, 6) is 2.52. The second kappa shape index (κ2) is 6.82. The molecule has 0 saturated heterocycles. The quantitative estimate of drug-likeness (QED) is 0.861. The smallest absolute Gasteiger partial charge is 0.0724 e. The molecule has 2 saturated carbocycles. The molecule has 2 bridgehead atoms. The summed E-state index contributed by atoms with van der Waals surface area (Å²) in [6, 6.07) is 8.74. The van der Waals surface area contributed by atoms with Crippen molar-refractivity contribution in [3.8, 4) is 0 Å². The molecule has 1 aromatic carbocycles. The van der Waals surface area contributed by atoms with E-state index in [1.165, 1.54) is 29.7 Å². The van der Waals surface area contributed by atoms with Crippen LogP contribution < -0.4 is 5.43 Å². The second-order valence-electron chi connectivity index (χ2n) is 8.90. The summed E-state index contributed by atoms with van der Waals surface area (Å²) in [5, 5.41) is 4.47. The van der Waals surface area contributed by atoms with Gasteiger partial charge in [-0.15, -0.1) is 0 Å². The van der Waals surface area contributed by atoms with Crippen LogP contribution in [0.2, 0.25) is 0 Å². The monoisotopic (exact) mass is 354 g/mol. The molecule has 0 amide bonds. The molecule has 1 aliphatic heterocycles. The van der Waals surface area contributed by atoms with E-state index < -0.39 is 0 Å². The number of nitrogens with zero attached hydrogens (tertiary/aromatic N) is 1. The maximum atomic E-state index is 5.89. The highest BCUT2D eigenvalue weighted by Crippen LogP contribution is 2.56. The van der Waals surface area contributed by atoms with Crippen molar-refractivity contribution < 1.29 is 9.47 Å². The Morgan fingerprint density at radius 1 is 1.15 bits per heavy atom. The highest BCUT2D eigenvalue weighted by Gasteiger charge is 2.50. The summed E-state index contributed by atoms with van der Waals surface area (Å²) < 4.78 is 11.4. The Kier molecular flexibility index (Phi) is 4.66. The van der Waals surface area contributed by atoms with Gasteiger partial charge in [0.05, 0.1) is 17.9 Å². The van der Waals surface area contributed by atoms with Crippen LogP contribution in [0.25, 0.3) is 5.70 Å². The van der Waals surface area contributed by atoms with Gasteiger partial charge in [-0.1, -0.05) is 24.3 Å². The summed E-state index contributed by atoms with van der Waals surface area (Å²) in [6.07, 6.45) is 4.68. The van der Waals surface area contributed by atoms with Crippen LogP contribution in [0, 0.1) is 23.7 Å². The summed E-state index contributed by atoms with van der Waals surface area (Å²) in [4.78, 5) is 0. The number of rotatable bonds is 5. The van der Waals surface area contributed by atoms with Crippen molar-refractivity contribution >= 4 is 11.9 Å². The Hall–Kier alpha value is -1.65. The Balaban J connectivity index is 1.57. The molecule has 1 heterocycles. The number of hydrazone groups is 1. The lowest BCUT2D eigenvalue weighted by molar-refractivity contribution is -0.0149. The van der Waals surface area contributed by atoms with Crippen LogP contribution >= 0.6 is 0 Å². The number of hydrogen-bond donors (Lipinski definition) is 1. The number of benzene rings is 1. The molecule has 26 heavy (non-hydrogen) atoms. The molecule has 0 radical (unpaired) electrons. The van der Waals surface area contributed by atoms with Gasteiger partial charge in [-0.05, 0) is 68.1 Å². The molecule has 1 N–H and O–H groups in total. The maximum absolute atomic E-state index is 5.89. The molecule has 4 rings (SSSR count). The van der Waals surface area contributed by atoms with Crippen LogP contribution in [0.5, 0.6) is 0 Å². The normalized spacial score (nSPS) is 29.8. The zero-order valence-electron chi connectivity index (χ0n) is 16.3. The topological polar surface area (TPSA) is 42.9 Å². The minimum absolute atomic E-state index is 0.115. The lowest BCUT2D eigenvalue weighted by Crippen LogP contribution is -2.30. The van der Waals surface area contributed by atoms with E-state index >= 15 is 0 Å². The van der Waals surface area contributed by atoms with Crippen molar-refractivity contribution in [2.24, 2.45) is 28.8 Å². The molecule has 2 fully saturated rings. The van der Waals surface area contributed by atoms with E-state index in [0.29, 0.717) is 24.4 Å². The predicted molar refractivity (Wildman–Crippen MR) is 105 cm³/mol. The molecule has 0 spiro atoms. The van der Waals surface area contributed by atoms with Crippen molar-refractivity contribution in [3.63, 3.8) is 0 Å². The Bertz CT molecular complexity index is 715.